The molecule has 6 heteroatoms. The summed E-state index contributed by atoms with van der Waals surface area (Å²) in [6.07, 6.45) is 2.89. The van der Waals surface area contributed by atoms with Gasteiger partial charge in [0.25, 0.3) is 5.56 Å². The normalized spacial score (nSPS) is 16.2. The van der Waals surface area contributed by atoms with Crippen molar-refractivity contribution in [3.63, 3.8) is 0 Å². The summed E-state index contributed by atoms with van der Waals surface area (Å²) in [5.74, 6) is 1.20. The fourth-order valence-electron chi connectivity index (χ4n) is 2.35. The number of rotatable bonds is 4. The zero-order valence-electron chi connectivity index (χ0n) is 13.0. The molecule has 0 radical (unpaired) electrons. The summed E-state index contributed by atoms with van der Waals surface area (Å²) in [6, 6.07) is 1.55. The van der Waals surface area contributed by atoms with Crippen molar-refractivity contribution in [2.45, 2.75) is 38.3 Å². The molecule has 1 aliphatic rings. The van der Waals surface area contributed by atoms with E-state index in [0.29, 0.717) is 16.8 Å². The molecule has 1 aromatic heterocycles. The van der Waals surface area contributed by atoms with Crippen LogP contribution in [0.2, 0.25) is 0 Å². The Morgan fingerprint density at radius 1 is 1.43 bits per heavy atom. The van der Waals surface area contributed by atoms with Gasteiger partial charge in [-0.15, -0.1) is 0 Å². The van der Waals surface area contributed by atoms with Gasteiger partial charge in [0.1, 0.15) is 0 Å². The van der Waals surface area contributed by atoms with Crippen molar-refractivity contribution in [1.82, 2.24) is 14.5 Å². The maximum absolute atomic E-state index is 12.2. The van der Waals surface area contributed by atoms with Crippen molar-refractivity contribution < 1.29 is 4.79 Å². The van der Waals surface area contributed by atoms with Crippen LogP contribution in [0, 0.1) is 5.92 Å². The number of hydrogen-bond acceptors (Lipinski definition) is 4. The molecule has 0 aliphatic carbocycles. The molecule has 0 unspecified atom stereocenters. The van der Waals surface area contributed by atoms with Crippen molar-refractivity contribution in [3.8, 4) is 0 Å². The Labute approximate surface area is 129 Å². The van der Waals surface area contributed by atoms with Gasteiger partial charge >= 0.3 is 0 Å². The number of carbonyl (C=O) groups excluding carboxylic acids is 1. The Morgan fingerprint density at radius 2 is 2.10 bits per heavy atom. The third-order valence-corrected chi connectivity index (χ3v) is 4.98. The molecule has 1 aromatic rings. The van der Waals surface area contributed by atoms with Gasteiger partial charge < -0.3 is 4.90 Å². The molecule has 116 valence electrons. The van der Waals surface area contributed by atoms with Crippen LogP contribution in [0.3, 0.4) is 0 Å². The van der Waals surface area contributed by atoms with Crippen molar-refractivity contribution in [3.05, 3.63) is 22.1 Å². The molecule has 0 bridgehead atoms. The van der Waals surface area contributed by atoms with Crippen LogP contribution in [-0.2, 0) is 18.3 Å². The molecule has 21 heavy (non-hydrogen) atoms. The first kappa shape index (κ1) is 16.1. The van der Waals surface area contributed by atoms with Crippen LogP contribution in [0.5, 0.6) is 0 Å². The molecule has 1 aliphatic heterocycles. The molecule has 0 aromatic carbocycles. The van der Waals surface area contributed by atoms with Crippen LogP contribution in [0.1, 0.15) is 32.4 Å². The zero-order valence-corrected chi connectivity index (χ0v) is 13.8. The first-order valence-electron chi connectivity index (χ1n) is 7.48. The Morgan fingerprint density at radius 3 is 2.71 bits per heavy atom. The monoisotopic (exact) mass is 309 g/mol. The number of amides is 1. The van der Waals surface area contributed by atoms with Gasteiger partial charge in [-0.2, -0.15) is 0 Å². The summed E-state index contributed by atoms with van der Waals surface area (Å²) >= 11 is 1.35. The number of nitrogens with zero attached hydrogens (tertiary/aromatic N) is 3. The highest BCUT2D eigenvalue weighted by atomic mass is 32.2. The van der Waals surface area contributed by atoms with E-state index in [2.05, 4.69) is 11.9 Å². The van der Waals surface area contributed by atoms with Gasteiger partial charge in [0, 0.05) is 31.9 Å². The second kappa shape index (κ2) is 7.11. The van der Waals surface area contributed by atoms with Crippen molar-refractivity contribution in [2.24, 2.45) is 13.0 Å². The molecule has 2 rings (SSSR count). The molecule has 1 fully saturated rings. The average Bonchev–Trinajstić information content (AvgIpc) is 2.49. The van der Waals surface area contributed by atoms with E-state index in [9.17, 15) is 9.59 Å². The first-order chi connectivity index (χ1) is 10.0. The number of likely N-dealkylation sites (tertiary alicyclic amines) is 1. The predicted molar refractivity (Wildman–Crippen MR) is 84.6 cm³/mol. The zero-order chi connectivity index (χ0) is 15.4. The van der Waals surface area contributed by atoms with Crippen LogP contribution in [0.4, 0.5) is 0 Å². The van der Waals surface area contributed by atoms with Crippen molar-refractivity contribution in [1.29, 1.82) is 0 Å². The van der Waals surface area contributed by atoms with Gasteiger partial charge in [-0.3, -0.25) is 14.2 Å². The van der Waals surface area contributed by atoms with E-state index in [4.69, 9.17) is 0 Å². The minimum Gasteiger partial charge on any atom is -0.342 e. The van der Waals surface area contributed by atoms with Gasteiger partial charge in [-0.1, -0.05) is 25.6 Å². The molecule has 1 amide bonds. The summed E-state index contributed by atoms with van der Waals surface area (Å²) in [5.41, 5.74) is 0.712. The summed E-state index contributed by atoms with van der Waals surface area (Å²) in [5, 5.41) is 0.623. The predicted octanol–water partition coefficient (Wildman–Crippen LogP) is 1.69. The van der Waals surface area contributed by atoms with Crippen LogP contribution >= 0.6 is 11.8 Å². The molecule has 2 heterocycles. The Kier molecular flexibility index (Phi) is 5.45. The van der Waals surface area contributed by atoms with Gasteiger partial charge in [-0.05, 0) is 25.2 Å². The quantitative estimate of drug-likeness (QED) is 0.627. The van der Waals surface area contributed by atoms with E-state index in [1.165, 1.54) is 16.3 Å². The number of aromatic nitrogens is 2. The fourth-order valence-corrected chi connectivity index (χ4v) is 3.25. The van der Waals surface area contributed by atoms with Crippen LogP contribution in [-0.4, -0.2) is 39.2 Å². The maximum atomic E-state index is 12.2. The lowest BCUT2D eigenvalue weighted by Gasteiger charge is -2.30. The summed E-state index contributed by atoms with van der Waals surface area (Å²) < 4.78 is 1.51. The minimum absolute atomic E-state index is 0.0661. The molecule has 0 spiro atoms. The standard InChI is InChI=1S/C15H23N3O2S/c1-4-12-9-13(19)17(3)15(16-12)21-10-14(20)18-7-5-11(2)6-8-18/h9,11H,4-8,10H2,1-3H3. The smallest absolute Gasteiger partial charge is 0.254 e. The van der Waals surface area contributed by atoms with E-state index >= 15 is 0 Å². The van der Waals surface area contributed by atoms with E-state index in [1.54, 1.807) is 13.1 Å². The molecule has 1 saturated heterocycles. The number of carbonyl (C=O) groups is 1. The van der Waals surface area contributed by atoms with Crippen molar-refractivity contribution >= 4 is 17.7 Å². The summed E-state index contributed by atoms with van der Waals surface area (Å²) in [4.78, 5) is 30.4. The highest BCUT2D eigenvalue weighted by Crippen LogP contribution is 2.19. The van der Waals surface area contributed by atoms with Crippen LogP contribution in [0.25, 0.3) is 0 Å². The highest BCUT2D eigenvalue weighted by Gasteiger charge is 2.20. The SMILES string of the molecule is CCc1cc(=O)n(C)c(SCC(=O)N2CCC(C)CC2)n1. The number of piperidine rings is 1. The molecule has 0 saturated carbocycles. The van der Waals surface area contributed by atoms with Crippen molar-refractivity contribution in [2.75, 3.05) is 18.8 Å². The van der Waals surface area contributed by atoms with Crippen LogP contribution in [0.15, 0.2) is 16.0 Å². The number of hydrogen-bond donors (Lipinski definition) is 0. The van der Waals surface area contributed by atoms with E-state index < -0.39 is 0 Å². The Balaban J connectivity index is 1.98. The molecule has 0 atom stereocenters. The van der Waals surface area contributed by atoms with Gasteiger partial charge in [-0.25, -0.2) is 4.98 Å². The fraction of sp³-hybridized carbons (Fsp3) is 0.667. The average molecular weight is 309 g/mol. The Hall–Kier alpha value is -1.30. The third-order valence-electron chi connectivity index (χ3n) is 3.97. The maximum Gasteiger partial charge on any atom is 0.254 e. The van der Waals surface area contributed by atoms with E-state index in [1.807, 2.05) is 11.8 Å². The Bertz CT molecular complexity index is 563. The topological polar surface area (TPSA) is 55.2 Å². The largest absolute Gasteiger partial charge is 0.342 e. The summed E-state index contributed by atoms with van der Waals surface area (Å²) in [6.45, 7) is 5.90. The first-order valence-corrected chi connectivity index (χ1v) is 8.47. The second-order valence-corrected chi connectivity index (χ2v) is 6.58. The minimum atomic E-state index is -0.0661. The van der Waals surface area contributed by atoms with Gasteiger partial charge in [0.15, 0.2) is 5.16 Å². The lowest BCUT2D eigenvalue weighted by atomic mass is 9.99. The van der Waals surface area contributed by atoms with E-state index in [-0.39, 0.29) is 11.5 Å². The lowest BCUT2D eigenvalue weighted by Crippen LogP contribution is -2.39. The third kappa shape index (κ3) is 4.09. The molecular weight excluding hydrogens is 286 g/mol. The number of thioether (sulfide) groups is 1. The molecular formula is C15H23N3O2S. The van der Waals surface area contributed by atoms with Gasteiger partial charge in [0.05, 0.1) is 5.75 Å². The molecule has 5 nitrogen and oxygen atoms in total. The highest BCUT2D eigenvalue weighted by molar-refractivity contribution is 7.99. The number of aryl methyl sites for hydroxylation is 1. The van der Waals surface area contributed by atoms with Gasteiger partial charge in [0.2, 0.25) is 5.91 Å². The lowest BCUT2D eigenvalue weighted by molar-refractivity contribution is -0.129. The second-order valence-electron chi connectivity index (χ2n) is 5.63. The van der Waals surface area contributed by atoms with Crippen LogP contribution < -0.4 is 5.56 Å². The summed E-state index contributed by atoms with van der Waals surface area (Å²) in [7, 11) is 1.70. The van der Waals surface area contributed by atoms with E-state index in [0.717, 1.165) is 38.0 Å². The molecule has 0 N–H and O–H groups in total.